The van der Waals surface area contributed by atoms with Crippen LogP contribution in [-0.2, 0) is 9.59 Å². The third kappa shape index (κ3) is 3.36. The summed E-state index contributed by atoms with van der Waals surface area (Å²) in [6.07, 6.45) is 0. The predicted octanol–water partition coefficient (Wildman–Crippen LogP) is -0.538. The molecule has 0 radical (unpaired) electrons. The maximum Gasteiger partial charge on any atom is 0.325 e. The molecule has 0 bridgehead atoms. The second kappa shape index (κ2) is 5.57. The summed E-state index contributed by atoms with van der Waals surface area (Å²) in [5.74, 6) is -0.604. The lowest BCUT2D eigenvalue weighted by Crippen LogP contribution is -2.40. The second-order valence-electron chi connectivity index (χ2n) is 4.53. The van der Waals surface area contributed by atoms with Crippen LogP contribution < -0.4 is 11.1 Å². The summed E-state index contributed by atoms with van der Waals surface area (Å²) in [6.45, 7) is 3.53. The fraction of sp³-hybridized carbons (Fsp3) is 0.700. The van der Waals surface area contributed by atoms with E-state index in [0.717, 1.165) is 4.90 Å². The molecule has 0 aromatic rings. The van der Waals surface area contributed by atoms with Crippen LogP contribution in [0.1, 0.15) is 13.8 Å². The van der Waals surface area contributed by atoms with Gasteiger partial charge >= 0.3 is 12.0 Å². The Morgan fingerprint density at radius 2 is 2.17 bits per heavy atom. The zero-order chi connectivity index (χ0) is 13.9. The van der Waals surface area contributed by atoms with Crippen LogP contribution >= 0.6 is 11.8 Å². The summed E-state index contributed by atoms with van der Waals surface area (Å²) in [6, 6.07) is -1.33. The van der Waals surface area contributed by atoms with E-state index in [1.807, 2.05) is 0 Å². The van der Waals surface area contributed by atoms with Crippen molar-refractivity contribution in [3.05, 3.63) is 0 Å². The molecule has 3 amide bonds. The molecule has 7 nitrogen and oxygen atoms in total. The molecule has 0 aliphatic carbocycles. The Labute approximate surface area is 109 Å². The number of carboxylic acid groups (broad SMARTS) is 1. The molecular weight excluding hydrogens is 258 g/mol. The monoisotopic (exact) mass is 275 g/mol. The highest BCUT2D eigenvalue weighted by Crippen LogP contribution is 2.17. The third-order valence-corrected chi connectivity index (χ3v) is 3.58. The number of rotatable bonds is 6. The lowest BCUT2D eigenvalue weighted by molar-refractivity contribution is -0.138. The Morgan fingerprint density at radius 3 is 2.61 bits per heavy atom. The topological polar surface area (TPSA) is 113 Å². The number of aliphatic carboxylic acids is 1. The van der Waals surface area contributed by atoms with Gasteiger partial charge in [-0.15, -0.1) is 0 Å². The van der Waals surface area contributed by atoms with Crippen LogP contribution in [-0.4, -0.2) is 57.5 Å². The Morgan fingerprint density at radius 1 is 1.56 bits per heavy atom. The van der Waals surface area contributed by atoms with Crippen molar-refractivity contribution in [3.8, 4) is 0 Å². The van der Waals surface area contributed by atoms with Gasteiger partial charge < -0.3 is 16.2 Å². The molecule has 1 saturated heterocycles. The van der Waals surface area contributed by atoms with Crippen molar-refractivity contribution < 1.29 is 19.5 Å². The zero-order valence-electron chi connectivity index (χ0n) is 10.3. The Bertz CT molecular complexity index is 372. The standard InChI is InChI=1S/C10H17N3O4S/c1-10(2)8(16)13(9(17)12-10)3-4-18-5-6(11)7(14)15/h6H,3-5,11H2,1-2H3,(H,12,17)(H,14,15). The van der Waals surface area contributed by atoms with Crippen LogP contribution in [0.2, 0.25) is 0 Å². The molecule has 0 aromatic carbocycles. The van der Waals surface area contributed by atoms with Gasteiger partial charge in [0.15, 0.2) is 0 Å². The van der Waals surface area contributed by atoms with E-state index in [2.05, 4.69) is 5.32 Å². The molecule has 4 N–H and O–H groups in total. The van der Waals surface area contributed by atoms with E-state index >= 15 is 0 Å². The van der Waals surface area contributed by atoms with Crippen molar-refractivity contribution in [3.63, 3.8) is 0 Å². The number of carbonyl (C=O) groups is 3. The highest BCUT2D eigenvalue weighted by molar-refractivity contribution is 7.99. The second-order valence-corrected chi connectivity index (χ2v) is 5.68. The van der Waals surface area contributed by atoms with Crippen LogP contribution in [0.4, 0.5) is 4.79 Å². The van der Waals surface area contributed by atoms with Crippen LogP contribution in [0, 0.1) is 0 Å². The minimum atomic E-state index is -1.06. The normalized spacial score (nSPS) is 19.8. The molecule has 18 heavy (non-hydrogen) atoms. The van der Waals surface area contributed by atoms with Crippen LogP contribution in [0.25, 0.3) is 0 Å². The SMILES string of the molecule is CC1(C)NC(=O)N(CCSCC(N)C(=O)O)C1=O. The number of hydrogen-bond acceptors (Lipinski definition) is 5. The molecule has 0 aromatic heterocycles. The molecule has 102 valence electrons. The lowest BCUT2D eigenvalue weighted by Gasteiger charge is -2.15. The molecule has 0 saturated carbocycles. The van der Waals surface area contributed by atoms with Gasteiger partial charge in [-0.1, -0.05) is 0 Å². The molecule has 1 fully saturated rings. The van der Waals surface area contributed by atoms with Crippen LogP contribution in [0.15, 0.2) is 0 Å². The van der Waals surface area contributed by atoms with Crippen molar-refractivity contribution in [1.29, 1.82) is 0 Å². The first-order valence-electron chi connectivity index (χ1n) is 5.46. The number of carbonyl (C=O) groups excluding carboxylic acids is 2. The fourth-order valence-electron chi connectivity index (χ4n) is 1.46. The summed E-state index contributed by atoms with van der Waals surface area (Å²) in [5, 5.41) is 11.1. The van der Waals surface area contributed by atoms with Gasteiger partial charge in [-0.2, -0.15) is 11.8 Å². The van der Waals surface area contributed by atoms with E-state index in [1.54, 1.807) is 13.8 Å². The average Bonchev–Trinajstić information content (AvgIpc) is 2.44. The summed E-state index contributed by atoms with van der Waals surface area (Å²) in [5.41, 5.74) is 4.47. The molecule has 8 heteroatoms. The van der Waals surface area contributed by atoms with Crippen LogP contribution in [0.3, 0.4) is 0 Å². The van der Waals surface area contributed by atoms with Gasteiger partial charge in [0.05, 0.1) is 0 Å². The molecule has 1 aliphatic rings. The predicted molar refractivity (Wildman–Crippen MR) is 67.3 cm³/mol. The van der Waals surface area contributed by atoms with Gasteiger partial charge in [-0.25, -0.2) is 4.79 Å². The van der Waals surface area contributed by atoms with Crippen molar-refractivity contribution in [1.82, 2.24) is 10.2 Å². The summed E-state index contributed by atoms with van der Waals surface area (Å²) >= 11 is 1.30. The molecule has 0 spiro atoms. The van der Waals surface area contributed by atoms with Crippen molar-refractivity contribution >= 4 is 29.7 Å². The summed E-state index contributed by atoms with van der Waals surface area (Å²) in [4.78, 5) is 34.9. The minimum absolute atomic E-state index is 0.252. The summed E-state index contributed by atoms with van der Waals surface area (Å²) < 4.78 is 0. The number of nitrogens with one attached hydrogen (secondary N) is 1. The molecule has 1 atom stereocenters. The van der Waals surface area contributed by atoms with E-state index in [9.17, 15) is 14.4 Å². The first-order valence-corrected chi connectivity index (χ1v) is 6.61. The maximum absolute atomic E-state index is 11.8. The zero-order valence-corrected chi connectivity index (χ0v) is 11.1. The number of carboxylic acids is 1. The number of imide groups is 1. The quantitative estimate of drug-likeness (QED) is 0.443. The molecule has 1 heterocycles. The van der Waals surface area contributed by atoms with Gasteiger partial charge in [0.1, 0.15) is 11.6 Å². The minimum Gasteiger partial charge on any atom is -0.480 e. The highest BCUT2D eigenvalue weighted by Gasteiger charge is 2.43. The fourth-order valence-corrected chi connectivity index (χ4v) is 2.33. The summed E-state index contributed by atoms with van der Waals surface area (Å²) in [7, 11) is 0. The first-order chi connectivity index (χ1) is 8.25. The molecule has 1 rings (SSSR count). The number of thioether (sulfide) groups is 1. The van der Waals surface area contributed by atoms with Crippen molar-refractivity contribution in [2.24, 2.45) is 5.73 Å². The van der Waals surface area contributed by atoms with E-state index < -0.39 is 23.6 Å². The lowest BCUT2D eigenvalue weighted by atomic mass is 10.1. The van der Waals surface area contributed by atoms with Gasteiger partial charge in [-0.05, 0) is 13.8 Å². The largest absolute Gasteiger partial charge is 0.480 e. The van der Waals surface area contributed by atoms with Gasteiger partial charge in [0.25, 0.3) is 5.91 Å². The molecule has 1 aliphatic heterocycles. The highest BCUT2D eigenvalue weighted by atomic mass is 32.2. The molecule has 1 unspecified atom stereocenters. The number of amides is 3. The third-order valence-electron chi connectivity index (χ3n) is 2.52. The van der Waals surface area contributed by atoms with E-state index in [1.165, 1.54) is 11.8 Å². The van der Waals surface area contributed by atoms with E-state index in [-0.39, 0.29) is 18.2 Å². The smallest absolute Gasteiger partial charge is 0.325 e. The number of nitrogens with zero attached hydrogens (tertiary/aromatic N) is 1. The van der Waals surface area contributed by atoms with Gasteiger partial charge in [0, 0.05) is 18.1 Å². The number of urea groups is 1. The molecular formula is C10H17N3O4S. The van der Waals surface area contributed by atoms with Crippen LogP contribution in [0.5, 0.6) is 0 Å². The van der Waals surface area contributed by atoms with E-state index in [0.29, 0.717) is 5.75 Å². The number of nitrogens with two attached hydrogens (primary N) is 1. The van der Waals surface area contributed by atoms with E-state index in [4.69, 9.17) is 10.8 Å². The van der Waals surface area contributed by atoms with Gasteiger partial charge in [-0.3, -0.25) is 14.5 Å². The van der Waals surface area contributed by atoms with Gasteiger partial charge in [0.2, 0.25) is 0 Å². The first kappa shape index (κ1) is 14.8. The number of hydrogen-bond donors (Lipinski definition) is 3. The van der Waals surface area contributed by atoms with Crippen molar-refractivity contribution in [2.45, 2.75) is 25.4 Å². The Hall–Kier alpha value is -1.28. The van der Waals surface area contributed by atoms with Crippen molar-refractivity contribution in [2.75, 3.05) is 18.1 Å². The Balaban J connectivity index is 2.34. The Kier molecular flexibility index (Phi) is 4.58. The maximum atomic E-state index is 11.8. The average molecular weight is 275 g/mol.